The average molecular weight is 467 g/mol. The molecule has 0 aromatic rings. The van der Waals surface area contributed by atoms with Crippen LogP contribution in [0, 0.1) is 50.0 Å². The van der Waals surface area contributed by atoms with Crippen molar-refractivity contribution in [3.8, 4) is 0 Å². The summed E-state index contributed by atoms with van der Waals surface area (Å²) in [6, 6.07) is -0.730. The first-order valence-electron chi connectivity index (χ1n) is 4.42. The zero-order valence-electron chi connectivity index (χ0n) is 8.48. The molecule has 0 aromatic carbocycles. The maximum absolute atomic E-state index is 10.5. The predicted molar refractivity (Wildman–Crippen MR) is 51.2 cm³/mol. The van der Waals surface area contributed by atoms with Crippen LogP contribution in [-0.4, -0.2) is 57.0 Å². The molecule has 1 fully saturated rings. The van der Waals surface area contributed by atoms with Gasteiger partial charge in [-0.15, -0.1) is 6.04 Å². The molecule has 16 heavy (non-hydrogen) atoms. The molecule has 0 aliphatic carbocycles. The molecule has 7 nitrogen and oxygen atoms in total. The van der Waals surface area contributed by atoms with Crippen LogP contribution in [0.2, 0.25) is 0 Å². The van der Waals surface area contributed by atoms with Crippen molar-refractivity contribution in [1.82, 2.24) is 0 Å². The van der Waals surface area contributed by atoms with E-state index in [2.05, 4.69) is 4.18 Å². The quantitative estimate of drug-likeness (QED) is 0.453. The molecule has 9 heteroatoms. The molecule has 0 bridgehead atoms. The number of rotatable bonds is 4. The van der Waals surface area contributed by atoms with Crippen LogP contribution >= 0.6 is 0 Å². The van der Waals surface area contributed by atoms with Crippen molar-refractivity contribution in [3.63, 3.8) is 0 Å². The summed E-state index contributed by atoms with van der Waals surface area (Å²) in [5, 5.41) is 18.0. The van der Waals surface area contributed by atoms with E-state index in [4.69, 9.17) is 25.2 Å². The fourth-order valence-corrected chi connectivity index (χ4v) is 2.02. The van der Waals surface area contributed by atoms with E-state index in [-0.39, 0.29) is 63.9 Å². The van der Waals surface area contributed by atoms with Gasteiger partial charge in [0.1, 0.15) is 12.2 Å². The summed E-state index contributed by atoms with van der Waals surface area (Å²) in [7, 11) is 0. The van der Waals surface area contributed by atoms with Gasteiger partial charge in [-0.05, 0) is 5.92 Å². The van der Waals surface area contributed by atoms with Crippen molar-refractivity contribution in [2.45, 2.75) is 18.2 Å². The van der Waals surface area contributed by atoms with Crippen LogP contribution in [0.5, 0.6) is 0 Å². The summed E-state index contributed by atoms with van der Waals surface area (Å²) >= 11 is -2.51. The van der Waals surface area contributed by atoms with Gasteiger partial charge in [0, 0.05) is 57.3 Å². The van der Waals surface area contributed by atoms with Crippen LogP contribution in [0.25, 0.3) is 5.73 Å². The molecule has 1 aliphatic heterocycles. The molecule has 1 radical (unpaired) electrons. The summed E-state index contributed by atoms with van der Waals surface area (Å²) in [4.78, 5) is 0. The van der Waals surface area contributed by atoms with Crippen molar-refractivity contribution in [3.05, 3.63) is 5.73 Å². The molecule has 0 spiro atoms. The first-order valence-corrected chi connectivity index (χ1v) is 5.45. The summed E-state index contributed by atoms with van der Waals surface area (Å²) in [6.07, 6.45) is -1.72. The second-order valence-electron chi connectivity index (χ2n) is 3.29. The third-order valence-corrected chi connectivity index (χ3v) is 2.77. The number of hydrogen-bond donors (Lipinski definition) is 3. The van der Waals surface area contributed by atoms with Crippen LogP contribution in [0.15, 0.2) is 0 Å². The summed E-state index contributed by atoms with van der Waals surface area (Å²) in [5.41, 5.74) is 7.54. The van der Waals surface area contributed by atoms with E-state index in [0.717, 1.165) is 0 Å². The molecule has 1 heterocycles. The van der Waals surface area contributed by atoms with Gasteiger partial charge in [0.05, 0.1) is 6.61 Å². The van der Waals surface area contributed by atoms with E-state index in [1.807, 2.05) is 0 Å². The minimum atomic E-state index is -2.51. The Kier molecular flexibility index (Phi) is 9.17. The van der Waals surface area contributed by atoms with Crippen LogP contribution in [0.1, 0.15) is 0 Å². The van der Waals surface area contributed by atoms with Crippen molar-refractivity contribution in [2.24, 2.45) is 5.92 Å². The van der Waals surface area contributed by atoms with Gasteiger partial charge < -0.3 is 20.7 Å². The smallest absolute Gasteiger partial charge is 0.302 e. The van der Waals surface area contributed by atoms with Crippen LogP contribution in [-0.2, 0) is 20.3 Å². The molecule has 93 valence electrons. The van der Waals surface area contributed by atoms with Crippen molar-refractivity contribution in [2.75, 3.05) is 19.8 Å². The molecular formula is C7H14AcNO6S-. The van der Waals surface area contributed by atoms with Crippen LogP contribution in [0.3, 0.4) is 0 Å². The van der Waals surface area contributed by atoms with E-state index in [9.17, 15) is 4.21 Å². The molecule has 1 aliphatic rings. The normalized spacial score (nSPS) is 36.5. The van der Waals surface area contributed by atoms with Crippen molar-refractivity contribution in [1.29, 1.82) is 0 Å². The number of hydrogen-bond acceptors (Lipinski definition) is 5. The number of nitrogens with one attached hydrogen (secondary N) is 1. The predicted octanol–water partition coefficient (Wildman–Crippen LogP) is -1.07. The Morgan fingerprint density at radius 1 is 1.44 bits per heavy atom. The Morgan fingerprint density at radius 2 is 2.06 bits per heavy atom. The van der Waals surface area contributed by atoms with Crippen LogP contribution < -0.4 is 0 Å². The van der Waals surface area contributed by atoms with E-state index < -0.39 is 35.5 Å². The Labute approximate surface area is 132 Å². The zero-order valence-corrected chi connectivity index (χ0v) is 14.0. The molecule has 5 atom stereocenters. The first-order chi connectivity index (χ1) is 7.10. The number of ether oxygens (including phenoxy) is 1. The molecule has 0 aromatic heterocycles. The van der Waals surface area contributed by atoms with Gasteiger partial charge in [0.15, 0.2) is 0 Å². The van der Waals surface area contributed by atoms with Gasteiger partial charge in [-0.25, -0.2) is 0 Å². The second kappa shape index (κ2) is 8.45. The summed E-state index contributed by atoms with van der Waals surface area (Å²) in [6.45, 7) is -0.671. The van der Waals surface area contributed by atoms with Crippen LogP contribution in [0.4, 0.5) is 0 Å². The number of aliphatic hydroxyl groups excluding tert-OH is 2. The van der Waals surface area contributed by atoms with E-state index in [1.54, 1.807) is 0 Å². The van der Waals surface area contributed by atoms with Crippen molar-refractivity contribution < 1.29 is 72.0 Å². The van der Waals surface area contributed by atoms with Gasteiger partial charge >= 0.3 is 11.4 Å². The summed E-state index contributed by atoms with van der Waals surface area (Å²) in [5.74, 6) is -0.632. The third-order valence-electron chi connectivity index (χ3n) is 2.38. The zero-order chi connectivity index (χ0) is 11.4. The molecular weight excluding hydrogens is 453 g/mol. The summed E-state index contributed by atoms with van der Waals surface area (Å²) < 4.78 is 28.8. The standard InChI is InChI=1S/C7H14NO6S.Ac/c8-5-3-13-6(2-10)7(4(5)1-9)14-15(11)12;/h4-10H,1-3H2,(H,11,12);/q-1;/t4-,5?,6?,7-;/m1./s1. The Balaban J connectivity index is 0.00000225. The molecule has 0 amide bonds. The van der Waals surface area contributed by atoms with Crippen molar-refractivity contribution >= 4 is 11.4 Å². The number of aliphatic hydroxyl groups is 2. The Hall–Kier alpha value is 1.35. The third kappa shape index (κ3) is 4.55. The Bertz CT molecular complexity index is 233. The maximum Gasteiger partial charge on any atom is 0.302 e. The monoisotopic (exact) mass is 467 g/mol. The molecule has 4 N–H and O–H groups in total. The van der Waals surface area contributed by atoms with E-state index in [1.165, 1.54) is 0 Å². The maximum atomic E-state index is 10.5. The fraction of sp³-hybridized carbons (Fsp3) is 1.00. The average Bonchev–Trinajstić information content (AvgIpc) is 2.18. The minimum absolute atomic E-state index is 0. The molecule has 1 saturated heterocycles. The largest absolute Gasteiger partial charge is 0.672 e. The second-order valence-corrected chi connectivity index (χ2v) is 3.91. The first kappa shape index (κ1) is 17.4. The van der Waals surface area contributed by atoms with Gasteiger partial charge in [-0.3, -0.25) is 8.74 Å². The van der Waals surface area contributed by atoms with Gasteiger partial charge in [-0.1, -0.05) is 0 Å². The van der Waals surface area contributed by atoms with Gasteiger partial charge in [0.2, 0.25) is 0 Å². The minimum Gasteiger partial charge on any atom is -0.672 e. The topological polar surface area (TPSA) is 120 Å². The Morgan fingerprint density at radius 3 is 2.50 bits per heavy atom. The van der Waals surface area contributed by atoms with Gasteiger partial charge in [0.25, 0.3) is 0 Å². The molecule has 3 unspecified atom stereocenters. The fourth-order valence-electron chi connectivity index (χ4n) is 1.57. The molecule has 1 rings (SSSR count). The molecule has 0 saturated carbocycles. The van der Waals surface area contributed by atoms with E-state index in [0.29, 0.717) is 0 Å². The SMILES string of the molecule is [Ac].[NH-]C1COC(CO)[C@H](OS(=O)O)[C@@H]1CO. The van der Waals surface area contributed by atoms with Gasteiger partial charge in [-0.2, -0.15) is 4.21 Å². The van der Waals surface area contributed by atoms with E-state index >= 15 is 0 Å².